The number of amides is 2. The molecule has 1 aromatic carbocycles. The molecular weight excluding hydrogens is 358 g/mol. The molecule has 9 heteroatoms. The molecular formula is C17H27N3O5S. The number of hydrogen-bond donors (Lipinski definition) is 3. The highest BCUT2D eigenvalue weighted by molar-refractivity contribution is 7.89. The van der Waals surface area contributed by atoms with Gasteiger partial charge in [-0.3, -0.25) is 14.8 Å². The molecule has 1 atom stereocenters. The Balaban J connectivity index is 3.51. The highest BCUT2D eigenvalue weighted by Gasteiger charge is 2.42. The maximum atomic E-state index is 13.2. The zero-order valence-electron chi connectivity index (χ0n) is 15.7. The molecule has 0 fully saturated rings. The Labute approximate surface area is 154 Å². The molecule has 0 saturated heterocycles. The molecule has 0 aliphatic carbocycles. The summed E-state index contributed by atoms with van der Waals surface area (Å²) in [6, 6.07) is 4.50. The molecule has 8 nitrogen and oxygen atoms in total. The van der Waals surface area contributed by atoms with Crippen LogP contribution in [-0.4, -0.2) is 49.4 Å². The standard InChI is InChI=1S/C17H27N3O5S/c1-6-10-20(14(16(22)19-23)17(2,3)4)26(24,25)13-9-7-8-12(11-13)15(21)18-5/h7-9,11,14,23H,6,10H2,1-5H3,(H,18,21)(H,19,22)/t14-/m0/s1. The number of benzene rings is 1. The molecule has 146 valence electrons. The van der Waals surface area contributed by atoms with Crippen molar-refractivity contribution in [3.63, 3.8) is 0 Å². The number of hydrogen-bond acceptors (Lipinski definition) is 5. The Bertz CT molecular complexity index is 756. The summed E-state index contributed by atoms with van der Waals surface area (Å²) in [5.41, 5.74) is 0.991. The lowest BCUT2D eigenvalue weighted by Gasteiger charge is -2.37. The molecule has 3 N–H and O–H groups in total. The van der Waals surface area contributed by atoms with E-state index in [1.807, 2.05) is 0 Å². The van der Waals surface area contributed by atoms with Crippen LogP contribution in [0.1, 0.15) is 44.5 Å². The molecule has 0 saturated carbocycles. The minimum atomic E-state index is -4.08. The third-order valence-corrected chi connectivity index (χ3v) is 5.70. The van der Waals surface area contributed by atoms with Crippen LogP contribution in [-0.2, 0) is 14.8 Å². The highest BCUT2D eigenvalue weighted by Crippen LogP contribution is 2.30. The van der Waals surface area contributed by atoms with Gasteiger partial charge in [0.05, 0.1) is 4.90 Å². The van der Waals surface area contributed by atoms with Crippen molar-refractivity contribution in [2.45, 2.75) is 45.1 Å². The predicted octanol–water partition coefficient (Wildman–Crippen LogP) is 1.37. The first-order chi connectivity index (χ1) is 12.0. The second-order valence-corrected chi connectivity index (χ2v) is 8.86. The van der Waals surface area contributed by atoms with Crippen LogP contribution in [0.25, 0.3) is 0 Å². The van der Waals surface area contributed by atoms with Crippen LogP contribution in [0, 0.1) is 5.41 Å². The Kier molecular flexibility index (Phi) is 7.31. The number of nitrogens with one attached hydrogen (secondary N) is 2. The van der Waals surface area contributed by atoms with Gasteiger partial charge in [-0.1, -0.05) is 33.8 Å². The van der Waals surface area contributed by atoms with E-state index in [0.29, 0.717) is 6.42 Å². The van der Waals surface area contributed by atoms with Gasteiger partial charge in [-0.05, 0) is 30.0 Å². The quantitative estimate of drug-likeness (QED) is 0.484. The summed E-state index contributed by atoms with van der Waals surface area (Å²) in [6.45, 7) is 7.02. The van der Waals surface area contributed by atoms with Crippen LogP contribution in [0.2, 0.25) is 0 Å². The predicted molar refractivity (Wildman–Crippen MR) is 97.2 cm³/mol. The van der Waals surface area contributed by atoms with Gasteiger partial charge in [0.15, 0.2) is 0 Å². The topological polar surface area (TPSA) is 116 Å². The van der Waals surface area contributed by atoms with Crippen LogP contribution in [0.15, 0.2) is 29.2 Å². The molecule has 0 unspecified atom stereocenters. The number of carbonyl (C=O) groups is 2. The van der Waals surface area contributed by atoms with E-state index >= 15 is 0 Å². The summed E-state index contributed by atoms with van der Waals surface area (Å²) < 4.78 is 27.5. The van der Waals surface area contributed by atoms with Gasteiger partial charge in [0.25, 0.3) is 11.8 Å². The number of nitrogens with zero attached hydrogens (tertiary/aromatic N) is 1. The Morgan fingerprint density at radius 2 is 1.88 bits per heavy atom. The van der Waals surface area contributed by atoms with E-state index in [9.17, 15) is 18.0 Å². The fourth-order valence-electron chi connectivity index (χ4n) is 2.70. The van der Waals surface area contributed by atoms with Crippen molar-refractivity contribution in [2.75, 3.05) is 13.6 Å². The van der Waals surface area contributed by atoms with Crippen LogP contribution < -0.4 is 10.8 Å². The first kappa shape index (κ1) is 22.1. The maximum absolute atomic E-state index is 13.2. The average molecular weight is 385 g/mol. The van der Waals surface area contributed by atoms with E-state index in [4.69, 9.17) is 5.21 Å². The van der Waals surface area contributed by atoms with Crippen LogP contribution in [0.4, 0.5) is 0 Å². The van der Waals surface area contributed by atoms with Crippen LogP contribution >= 0.6 is 0 Å². The maximum Gasteiger partial charge on any atom is 0.262 e. The van der Waals surface area contributed by atoms with Crippen molar-refractivity contribution in [1.82, 2.24) is 15.1 Å². The first-order valence-electron chi connectivity index (χ1n) is 8.28. The number of hydroxylamine groups is 1. The first-order valence-corrected chi connectivity index (χ1v) is 9.72. The summed E-state index contributed by atoms with van der Waals surface area (Å²) in [7, 11) is -2.63. The SMILES string of the molecule is CCCN([C@@H](C(=O)NO)C(C)(C)C)S(=O)(=O)c1cccc(C(=O)NC)c1. The Morgan fingerprint density at radius 3 is 2.35 bits per heavy atom. The molecule has 0 spiro atoms. The van der Waals surface area contributed by atoms with Gasteiger partial charge in [0.2, 0.25) is 10.0 Å². The van der Waals surface area contributed by atoms with Gasteiger partial charge in [0.1, 0.15) is 6.04 Å². The fraction of sp³-hybridized carbons (Fsp3) is 0.529. The number of carbonyl (C=O) groups excluding carboxylic acids is 2. The second kappa shape index (κ2) is 8.61. The van der Waals surface area contributed by atoms with Crippen molar-refractivity contribution in [3.8, 4) is 0 Å². The Hall–Kier alpha value is -1.97. The summed E-state index contributed by atoms with van der Waals surface area (Å²) in [5, 5.41) is 11.5. The molecule has 1 aromatic rings. The molecule has 0 aliphatic heterocycles. The molecule has 0 heterocycles. The lowest BCUT2D eigenvalue weighted by atomic mass is 9.86. The summed E-state index contributed by atoms with van der Waals surface area (Å²) >= 11 is 0. The number of sulfonamides is 1. The number of rotatable bonds is 7. The van der Waals surface area contributed by atoms with E-state index in [-0.39, 0.29) is 17.0 Å². The van der Waals surface area contributed by atoms with Crippen LogP contribution in [0.3, 0.4) is 0 Å². The summed E-state index contributed by atoms with van der Waals surface area (Å²) in [5.74, 6) is -1.22. The monoisotopic (exact) mass is 385 g/mol. The summed E-state index contributed by atoms with van der Waals surface area (Å²) in [4.78, 5) is 24.0. The largest absolute Gasteiger partial charge is 0.355 e. The molecule has 1 rings (SSSR count). The Morgan fingerprint density at radius 1 is 1.27 bits per heavy atom. The average Bonchev–Trinajstić information content (AvgIpc) is 2.59. The highest BCUT2D eigenvalue weighted by atomic mass is 32.2. The van der Waals surface area contributed by atoms with Gasteiger partial charge >= 0.3 is 0 Å². The summed E-state index contributed by atoms with van der Waals surface area (Å²) in [6.07, 6.45) is 0.472. The van der Waals surface area contributed by atoms with Gasteiger partial charge in [-0.2, -0.15) is 4.31 Å². The lowest BCUT2D eigenvalue weighted by Crippen LogP contribution is -2.55. The fourth-order valence-corrected chi connectivity index (χ4v) is 4.61. The van der Waals surface area contributed by atoms with Crippen molar-refractivity contribution in [1.29, 1.82) is 0 Å². The van der Waals surface area contributed by atoms with Gasteiger partial charge < -0.3 is 5.32 Å². The third-order valence-electron chi connectivity index (χ3n) is 3.84. The van der Waals surface area contributed by atoms with E-state index in [1.165, 1.54) is 31.3 Å². The molecule has 0 bridgehead atoms. The minimum Gasteiger partial charge on any atom is -0.355 e. The van der Waals surface area contributed by atoms with Crippen molar-refractivity contribution in [2.24, 2.45) is 5.41 Å². The van der Waals surface area contributed by atoms with Crippen molar-refractivity contribution < 1.29 is 23.2 Å². The molecule has 2 amide bonds. The van der Waals surface area contributed by atoms with Crippen LogP contribution in [0.5, 0.6) is 0 Å². The second-order valence-electron chi connectivity index (χ2n) is 6.97. The van der Waals surface area contributed by atoms with E-state index in [2.05, 4.69) is 5.32 Å². The van der Waals surface area contributed by atoms with Gasteiger partial charge in [-0.25, -0.2) is 13.9 Å². The van der Waals surface area contributed by atoms with E-state index in [0.717, 1.165) is 4.31 Å². The van der Waals surface area contributed by atoms with E-state index in [1.54, 1.807) is 33.2 Å². The zero-order chi connectivity index (χ0) is 20.1. The molecule has 0 aliphatic rings. The normalized spacial score (nSPS) is 13.3. The molecule has 0 aromatic heterocycles. The van der Waals surface area contributed by atoms with Gasteiger partial charge in [0, 0.05) is 19.2 Å². The molecule has 26 heavy (non-hydrogen) atoms. The van der Waals surface area contributed by atoms with Crippen molar-refractivity contribution in [3.05, 3.63) is 29.8 Å². The lowest BCUT2D eigenvalue weighted by molar-refractivity contribution is -0.136. The smallest absolute Gasteiger partial charge is 0.262 e. The zero-order valence-corrected chi connectivity index (χ0v) is 16.6. The molecule has 0 radical (unpaired) electrons. The van der Waals surface area contributed by atoms with Crippen molar-refractivity contribution >= 4 is 21.8 Å². The minimum absolute atomic E-state index is 0.0852. The third kappa shape index (κ3) is 4.80. The van der Waals surface area contributed by atoms with E-state index < -0.39 is 33.3 Å². The van der Waals surface area contributed by atoms with Gasteiger partial charge in [-0.15, -0.1) is 0 Å².